The fraction of sp³-hybridized carbons (Fsp3) is 0.579. The van der Waals surface area contributed by atoms with Crippen molar-refractivity contribution in [2.24, 2.45) is 0 Å². The molecule has 130 valence electrons. The molecule has 0 aromatic heterocycles. The molecule has 3 rings (SSSR count). The van der Waals surface area contributed by atoms with Gasteiger partial charge in [-0.2, -0.15) is 0 Å². The van der Waals surface area contributed by atoms with Crippen LogP contribution in [-0.2, 0) is 4.79 Å². The van der Waals surface area contributed by atoms with Gasteiger partial charge in [-0.3, -0.25) is 9.59 Å². The number of carbonyl (C=O) groups excluding carboxylic acids is 2. The van der Waals surface area contributed by atoms with Crippen molar-refractivity contribution in [3.05, 3.63) is 29.3 Å². The van der Waals surface area contributed by atoms with Crippen LogP contribution in [0.15, 0.2) is 18.2 Å². The van der Waals surface area contributed by atoms with Crippen LogP contribution < -0.4 is 16.0 Å². The van der Waals surface area contributed by atoms with E-state index in [1.807, 2.05) is 19.1 Å². The highest BCUT2D eigenvalue weighted by atomic mass is 16.2. The maximum Gasteiger partial charge on any atom is 0.251 e. The van der Waals surface area contributed by atoms with E-state index in [0.29, 0.717) is 24.1 Å². The molecule has 5 heteroatoms. The number of rotatable bonds is 5. The summed E-state index contributed by atoms with van der Waals surface area (Å²) in [6.45, 7) is 2.93. The minimum absolute atomic E-state index is 0.0157. The van der Waals surface area contributed by atoms with Crippen molar-refractivity contribution >= 4 is 17.5 Å². The summed E-state index contributed by atoms with van der Waals surface area (Å²) in [7, 11) is 0. The Morgan fingerprint density at radius 2 is 1.96 bits per heavy atom. The first-order valence-corrected chi connectivity index (χ1v) is 9.06. The monoisotopic (exact) mass is 329 g/mol. The van der Waals surface area contributed by atoms with Crippen LogP contribution in [0, 0.1) is 6.92 Å². The van der Waals surface area contributed by atoms with Gasteiger partial charge in [0.25, 0.3) is 5.91 Å². The average molecular weight is 329 g/mol. The average Bonchev–Trinajstić information content (AvgIpc) is 3.23. The van der Waals surface area contributed by atoms with Gasteiger partial charge in [0, 0.05) is 29.8 Å². The van der Waals surface area contributed by atoms with Crippen LogP contribution in [0.25, 0.3) is 0 Å². The smallest absolute Gasteiger partial charge is 0.251 e. The lowest BCUT2D eigenvalue weighted by molar-refractivity contribution is -0.116. The van der Waals surface area contributed by atoms with Gasteiger partial charge in [0.2, 0.25) is 5.91 Å². The number of aryl methyl sites for hydroxylation is 1. The molecule has 2 aliphatic rings. The second kappa shape index (κ2) is 7.79. The van der Waals surface area contributed by atoms with Gasteiger partial charge < -0.3 is 16.0 Å². The van der Waals surface area contributed by atoms with E-state index in [1.54, 1.807) is 6.07 Å². The van der Waals surface area contributed by atoms with Crippen molar-refractivity contribution in [1.29, 1.82) is 0 Å². The predicted octanol–water partition coefficient (Wildman–Crippen LogP) is 2.75. The topological polar surface area (TPSA) is 70.2 Å². The van der Waals surface area contributed by atoms with Crippen LogP contribution in [0.1, 0.15) is 60.9 Å². The van der Waals surface area contributed by atoms with E-state index in [-0.39, 0.29) is 11.8 Å². The molecular formula is C19H27N3O2. The van der Waals surface area contributed by atoms with E-state index >= 15 is 0 Å². The number of carbonyl (C=O) groups is 2. The fourth-order valence-electron chi connectivity index (χ4n) is 3.64. The summed E-state index contributed by atoms with van der Waals surface area (Å²) in [5, 5.41) is 9.39. The Labute approximate surface area is 143 Å². The van der Waals surface area contributed by atoms with Gasteiger partial charge in [-0.1, -0.05) is 12.8 Å². The highest BCUT2D eigenvalue weighted by Crippen LogP contribution is 2.20. The third-order valence-corrected chi connectivity index (χ3v) is 5.05. The van der Waals surface area contributed by atoms with Crippen LogP contribution in [0.2, 0.25) is 0 Å². The van der Waals surface area contributed by atoms with Crippen molar-refractivity contribution < 1.29 is 9.59 Å². The van der Waals surface area contributed by atoms with Gasteiger partial charge in [0.05, 0.1) is 0 Å². The predicted molar refractivity (Wildman–Crippen MR) is 95.2 cm³/mol. The molecule has 0 spiro atoms. The van der Waals surface area contributed by atoms with Gasteiger partial charge in [-0.25, -0.2) is 0 Å². The van der Waals surface area contributed by atoms with E-state index in [1.165, 1.54) is 12.8 Å². The van der Waals surface area contributed by atoms with Crippen molar-refractivity contribution in [2.75, 3.05) is 11.9 Å². The van der Waals surface area contributed by atoms with Crippen molar-refractivity contribution in [3.63, 3.8) is 0 Å². The number of hydrogen-bond acceptors (Lipinski definition) is 3. The molecule has 1 saturated carbocycles. The van der Waals surface area contributed by atoms with Gasteiger partial charge >= 0.3 is 0 Å². The Morgan fingerprint density at radius 3 is 2.62 bits per heavy atom. The van der Waals surface area contributed by atoms with Crippen LogP contribution in [0.5, 0.6) is 0 Å². The molecule has 1 heterocycles. The first-order chi connectivity index (χ1) is 11.6. The zero-order valence-electron chi connectivity index (χ0n) is 14.4. The summed E-state index contributed by atoms with van der Waals surface area (Å²) >= 11 is 0. The molecule has 0 radical (unpaired) electrons. The molecule has 0 bridgehead atoms. The maximum absolute atomic E-state index is 12.3. The highest BCUT2D eigenvalue weighted by molar-refractivity contribution is 5.96. The Balaban J connectivity index is 1.57. The maximum atomic E-state index is 12.3. The lowest BCUT2D eigenvalue weighted by atomic mass is 10.1. The van der Waals surface area contributed by atoms with Gasteiger partial charge in [0.15, 0.2) is 0 Å². The Bertz CT molecular complexity index is 603. The summed E-state index contributed by atoms with van der Waals surface area (Å²) in [6.07, 6.45) is 7.26. The third-order valence-electron chi connectivity index (χ3n) is 5.05. The molecule has 1 saturated heterocycles. The molecule has 2 amide bonds. The van der Waals surface area contributed by atoms with Gasteiger partial charge in [-0.15, -0.1) is 0 Å². The number of benzene rings is 1. The minimum atomic E-state index is -0.0157. The number of amides is 2. The number of nitrogens with one attached hydrogen (secondary N) is 3. The van der Waals surface area contributed by atoms with Crippen LogP contribution in [0.3, 0.4) is 0 Å². The van der Waals surface area contributed by atoms with Crippen LogP contribution in [-0.4, -0.2) is 30.4 Å². The fourth-order valence-corrected chi connectivity index (χ4v) is 3.64. The highest BCUT2D eigenvalue weighted by Gasteiger charge is 2.20. The normalized spacial score (nSPS) is 21.0. The molecule has 3 N–H and O–H groups in total. The number of anilines is 1. The van der Waals surface area contributed by atoms with Gasteiger partial charge in [0.1, 0.15) is 0 Å². The first-order valence-electron chi connectivity index (χ1n) is 9.06. The second-order valence-electron chi connectivity index (χ2n) is 7.03. The standard InChI is InChI=1S/C19H27N3O2/c1-13-11-14(19(24)21-15-5-2-3-6-15)8-9-17(13)22-18(23)12-16-7-4-10-20-16/h8-9,11,15-16,20H,2-7,10,12H2,1H3,(H,21,24)(H,22,23). The molecule has 1 aliphatic heterocycles. The molecule has 1 aromatic rings. The largest absolute Gasteiger partial charge is 0.349 e. The summed E-state index contributed by atoms with van der Waals surface area (Å²) in [5.41, 5.74) is 2.37. The van der Waals surface area contributed by atoms with E-state index in [0.717, 1.165) is 43.5 Å². The van der Waals surface area contributed by atoms with Crippen molar-refractivity contribution in [2.45, 2.75) is 64.0 Å². The Kier molecular flexibility index (Phi) is 5.51. The van der Waals surface area contributed by atoms with E-state index in [2.05, 4.69) is 16.0 Å². The van der Waals surface area contributed by atoms with E-state index in [4.69, 9.17) is 0 Å². The SMILES string of the molecule is Cc1cc(C(=O)NC2CCCC2)ccc1NC(=O)CC1CCCN1. The molecule has 1 aromatic carbocycles. The third kappa shape index (κ3) is 4.35. The summed E-state index contributed by atoms with van der Waals surface area (Å²) in [5.74, 6) is 0.0127. The van der Waals surface area contributed by atoms with E-state index in [9.17, 15) is 9.59 Å². The van der Waals surface area contributed by atoms with Crippen molar-refractivity contribution in [1.82, 2.24) is 10.6 Å². The molecule has 5 nitrogen and oxygen atoms in total. The van der Waals surface area contributed by atoms with Gasteiger partial charge in [-0.05, 0) is 62.9 Å². The first kappa shape index (κ1) is 17.0. The zero-order valence-corrected chi connectivity index (χ0v) is 14.4. The molecule has 24 heavy (non-hydrogen) atoms. The quantitative estimate of drug-likeness (QED) is 0.778. The lowest BCUT2D eigenvalue weighted by Gasteiger charge is -2.14. The zero-order chi connectivity index (χ0) is 16.9. The summed E-state index contributed by atoms with van der Waals surface area (Å²) in [4.78, 5) is 24.4. The summed E-state index contributed by atoms with van der Waals surface area (Å²) < 4.78 is 0. The van der Waals surface area contributed by atoms with E-state index < -0.39 is 0 Å². The van der Waals surface area contributed by atoms with Crippen molar-refractivity contribution in [3.8, 4) is 0 Å². The number of hydrogen-bond donors (Lipinski definition) is 3. The minimum Gasteiger partial charge on any atom is -0.349 e. The Hall–Kier alpha value is -1.88. The molecule has 1 atom stereocenters. The molecule has 1 unspecified atom stereocenters. The summed E-state index contributed by atoms with van der Waals surface area (Å²) in [6, 6.07) is 6.09. The molecule has 1 aliphatic carbocycles. The lowest BCUT2D eigenvalue weighted by Crippen LogP contribution is -2.32. The molecule has 2 fully saturated rings. The second-order valence-corrected chi connectivity index (χ2v) is 7.03. The van der Waals surface area contributed by atoms with Crippen LogP contribution >= 0.6 is 0 Å². The van der Waals surface area contributed by atoms with Crippen LogP contribution in [0.4, 0.5) is 5.69 Å². The Morgan fingerprint density at radius 1 is 1.17 bits per heavy atom. The molecular weight excluding hydrogens is 302 g/mol.